The molecule has 0 rings (SSSR count). The van der Waals surface area contributed by atoms with Crippen molar-refractivity contribution < 1.29 is 0 Å². The van der Waals surface area contributed by atoms with Crippen molar-refractivity contribution in [2.75, 3.05) is 6.54 Å². The van der Waals surface area contributed by atoms with Crippen molar-refractivity contribution in [3.63, 3.8) is 0 Å². The van der Waals surface area contributed by atoms with Crippen LogP contribution in [0.3, 0.4) is 0 Å². The van der Waals surface area contributed by atoms with Gasteiger partial charge in [0.15, 0.2) is 0 Å². The molecular formula is C11H23N. The van der Waals surface area contributed by atoms with Gasteiger partial charge in [0, 0.05) is 0 Å². The average Bonchev–Trinajstić information content (AvgIpc) is 2.10. The molecule has 1 nitrogen and oxygen atoms in total. The van der Waals surface area contributed by atoms with E-state index >= 15 is 0 Å². The normalized spacial score (nSPS) is 11.2. The van der Waals surface area contributed by atoms with E-state index in [0.29, 0.717) is 0 Å². The lowest BCUT2D eigenvalue weighted by Crippen LogP contribution is -1.94. The van der Waals surface area contributed by atoms with Crippen molar-refractivity contribution in [3.05, 3.63) is 12.2 Å². The van der Waals surface area contributed by atoms with Crippen molar-refractivity contribution in [1.29, 1.82) is 0 Å². The predicted molar refractivity (Wildman–Crippen MR) is 56.2 cm³/mol. The highest BCUT2D eigenvalue weighted by Gasteiger charge is 1.85. The van der Waals surface area contributed by atoms with Crippen LogP contribution in [0.25, 0.3) is 0 Å². The molecule has 0 atom stereocenters. The van der Waals surface area contributed by atoms with Gasteiger partial charge in [0.1, 0.15) is 0 Å². The molecule has 12 heavy (non-hydrogen) atoms. The third kappa shape index (κ3) is 9.70. The third-order valence-corrected chi connectivity index (χ3v) is 1.97. The first kappa shape index (κ1) is 11.7. The summed E-state index contributed by atoms with van der Waals surface area (Å²) in [5.74, 6) is 0. The van der Waals surface area contributed by atoms with Crippen LogP contribution in [0.1, 0.15) is 51.9 Å². The number of unbranched alkanes of at least 4 members (excludes halogenated alkanes) is 5. The lowest BCUT2D eigenvalue weighted by Gasteiger charge is -1.95. The van der Waals surface area contributed by atoms with E-state index in [9.17, 15) is 0 Å². The molecule has 0 radical (unpaired) electrons. The van der Waals surface area contributed by atoms with Crippen LogP contribution in [-0.4, -0.2) is 6.54 Å². The van der Waals surface area contributed by atoms with Crippen LogP contribution < -0.4 is 5.73 Å². The van der Waals surface area contributed by atoms with E-state index in [1.54, 1.807) is 0 Å². The van der Waals surface area contributed by atoms with E-state index in [4.69, 9.17) is 5.73 Å². The Balaban J connectivity index is 2.90. The topological polar surface area (TPSA) is 26.0 Å². The van der Waals surface area contributed by atoms with Crippen molar-refractivity contribution in [2.45, 2.75) is 51.9 Å². The summed E-state index contributed by atoms with van der Waals surface area (Å²) < 4.78 is 0. The van der Waals surface area contributed by atoms with E-state index in [2.05, 4.69) is 19.1 Å². The average molecular weight is 169 g/mol. The second-order valence-electron chi connectivity index (χ2n) is 3.25. The van der Waals surface area contributed by atoms with Crippen molar-refractivity contribution >= 4 is 0 Å². The van der Waals surface area contributed by atoms with E-state index < -0.39 is 0 Å². The Hall–Kier alpha value is -0.300. The third-order valence-electron chi connectivity index (χ3n) is 1.97. The van der Waals surface area contributed by atoms with Gasteiger partial charge in [-0.15, -0.1) is 0 Å². The Morgan fingerprint density at radius 3 is 2.25 bits per heavy atom. The first-order valence-corrected chi connectivity index (χ1v) is 5.27. The van der Waals surface area contributed by atoms with Crippen LogP contribution in [-0.2, 0) is 0 Å². The van der Waals surface area contributed by atoms with Gasteiger partial charge in [-0.1, -0.05) is 44.8 Å². The number of nitrogens with two attached hydrogens (primary N) is 1. The molecule has 0 bridgehead atoms. The zero-order valence-electron chi connectivity index (χ0n) is 8.39. The lowest BCUT2D eigenvalue weighted by molar-refractivity contribution is 0.637. The number of allylic oxidation sites excluding steroid dienone is 1. The molecule has 0 aromatic rings. The van der Waals surface area contributed by atoms with Gasteiger partial charge in [-0.2, -0.15) is 0 Å². The summed E-state index contributed by atoms with van der Waals surface area (Å²) in [5.41, 5.74) is 5.36. The monoisotopic (exact) mass is 169 g/mol. The van der Waals surface area contributed by atoms with Crippen LogP contribution in [0, 0.1) is 0 Å². The molecule has 1 heteroatoms. The molecule has 0 amide bonds. The standard InChI is InChI=1S/C11H23N/c1-2-3-4-5-6-7-8-9-10-11-12/h8-9H,2-7,10-12H2,1H3/b9-8+. The van der Waals surface area contributed by atoms with Crippen molar-refractivity contribution in [2.24, 2.45) is 5.73 Å². The Bertz CT molecular complexity index is 97.2. The SMILES string of the molecule is CCCCCCC/C=C/CCN. The Morgan fingerprint density at radius 1 is 0.917 bits per heavy atom. The molecule has 0 aliphatic carbocycles. The van der Waals surface area contributed by atoms with E-state index in [1.165, 1.54) is 38.5 Å². The second-order valence-corrected chi connectivity index (χ2v) is 3.25. The molecule has 72 valence electrons. The minimum Gasteiger partial charge on any atom is -0.330 e. The predicted octanol–water partition coefficient (Wildman–Crippen LogP) is 3.25. The summed E-state index contributed by atoms with van der Waals surface area (Å²) in [5, 5.41) is 0. The Morgan fingerprint density at radius 2 is 1.58 bits per heavy atom. The maximum Gasteiger partial charge on any atom is -0.00426 e. The quantitative estimate of drug-likeness (QED) is 0.438. The van der Waals surface area contributed by atoms with E-state index in [1.807, 2.05) is 0 Å². The summed E-state index contributed by atoms with van der Waals surface area (Å²) >= 11 is 0. The first-order chi connectivity index (χ1) is 5.91. The van der Waals surface area contributed by atoms with Crippen LogP contribution in [0.15, 0.2) is 12.2 Å². The molecule has 0 aromatic heterocycles. The second kappa shape index (κ2) is 10.7. The number of rotatable bonds is 8. The van der Waals surface area contributed by atoms with Crippen LogP contribution >= 0.6 is 0 Å². The molecular weight excluding hydrogens is 146 g/mol. The van der Waals surface area contributed by atoms with Crippen molar-refractivity contribution in [3.8, 4) is 0 Å². The largest absolute Gasteiger partial charge is 0.330 e. The summed E-state index contributed by atoms with van der Waals surface area (Å²) in [6.07, 6.45) is 13.6. The molecule has 0 aromatic carbocycles. The van der Waals surface area contributed by atoms with Gasteiger partial charge in [-0.25, -0.2) is 0 Å². The highest BCUT2D eigenvalue weighted by atomic mass is 14.5. The van der Waals surface area contributed by atoms with Gasteiger partial charge >= 0.3 is 0 Å². The summed E-state index contributed by atoms with van der Waals surface area (Å²) in [6.45, 7) is 3.04. The highest BCUT2D eigenvalue weighted by molar-refractivity contribution is 4.81. The minimum atomic E-state index is 0.784. The fourth-order valence-corrected chi connectivity index (χ4v) is 1.20. The van der Waals surface area contributed by atoms with Gasteiger partial charge < -0.3 is 5.73 Å². The van der Waals surface area contributed by atoms with E-state index in [-0.39, 0.29) is 0 Å². The number of hydrogen-bond donors (Lipinski definition) is 1. The van der Waals surface area contributed by atoms with Gasteiger partial charge in [0.2, 0.25) is 0 Å². The van der Waals surface area contributed by atoms with Gasteiger partial charge in [0.25, 0.3) is 0 Å². The van der Waals surface area contributed by atoms with E-state index in [0.717, 1.165) is 13.0 Å². The van der Waals surface area contributed by atoms with Gasteiger partial charge in [0.05, 0.1) is 0 Å². The Labute approximate surface area is 77.0 Å². The zero-order valence-corrected chi connectivity index (χ0v) is 8.39. The molecule has 0 unspecified atom stereocenters. The summed E-state index contributed by atoms with van der Waals surface area (Å²) in [4.78, 5) is 0. The van der Waals surface area contributed by atoms with Crippen LogP contribution in [0.4, 0.5) is 0 Å². The van der Waals surface area contributed by atoms with Crippen LogP contribution in [0.5, 0.6) is 0 Å². The lowest BCUT2D eigenvalue weighted by atomic mass is 10.1. The molecule has 0 aliphatic heterocycles. The first-order valence-electron chi connectivity index (χ1n) is 5.27. The van der Waals surface area contributed by atoms with Gasteiger partial charge in [-0.05, 0) is 25.8 Å². The molecule has 0 spiro atoms. The fraction of sp³-hybridized carbons (Fsp3) is 0.818. The summed E-state index contributed by atoms with van der Waals surface area (Å²) in [7, 11) is 0. The maximum atomic E-state index is 5.36. The molecule has 0 aliphatic rings. The number of hydrogen-bond acceptors (Lipinski definition) is 1. The molecule has 0 heterocycles. The molecule has 2 N–H and O–H groups in total. The van der Waals surface area contributed by atoms with Crippen LogP contribution in [0.2, 0.25) is 0 Å². The maximum absolute atomic E-state index is 5.36. The fourth-order valence-electron chi connectivity index (χ4n) is 1.20. The molecule has 0 fully saturated rings. The highest BCUT2D eigenvalue weighted by Crippen LogP contribution is 2.05. The molecule has 0 saturated carbocycles. The Kier molecular flexibility index (Phi) is 10.4. The summed E-state index contributed by atoms with van der Waals surface area (Å²) in [6, 6.07) is 0. The molecule has 0 saturated heterocycles. The van der Waals surface area contributed by atoms with Gasteiger partial charge in [-0.3, -0.25) is 0 Å². The minimum absolute atomic E-state index is 0.784. The zero-order chi connectivity index (χ0) is 9.07. The smallest absolute Gasteiger partial charge is 0.00426 e. The van der Waals surface area contributed by atoms with Crippen molar-refractivity contribution in [1.82, 2.24) is 0 Å².